The van der Waals surface area contributed by atoms with Gasteiger partial charge in [0.2, 0.25) is 0 Å². The number of hydrogen-bond acceptors (Lipinski definition) is 4. The minimum absolute atomic E-state index is 0.675. The predicted molar refractivity (Wildman–Crippen MR) is 221 cm³/mol. The first-order chi connectivity index (χ1) is 26.7. The van der Waals surface area contributed by atoms with Gasteiger partial charge < -0.3 is 8.83 Å². The minimum atomic E-state index is 0.675. The van der Waals surface area contributed by atoms with Gasteiger partial charge in [-0.2, -0.15) is 0 Å². The number of para-hydroxylation sites is 4. The molecule has 8 aromatic carbocycles. The molecule has 0 aliphatic rings. The van der Waals surface area contributed by atoms with Crippen LogP contribution in [0.4, 0.5) is 0 Å². The molecule has 3 heterocycles. The van der Waals surface area contributed by atoms with E-state index in [-0.39, 0.29) is 0 Å². The molecule has 11 rings (SSSR count). The maximum absolute atomic E-state index is 6.59. The van der Waals surface area contributed by atoms with Gasteiger partial charge in [0.1, 0.15) is 22.3 Å². The van der Waals surface area contributed by atoms with E-state index < -0.39 is 0 Å². The molecule has 0 unspecified atom stereocenters. The summed E-state index contributed by atoms with van der Waals surface area (Å²) < 4.78 is 13.2. The highest BCUT2D eigenvalue weighted by Gasteiger charge is 2.19. The van der Waals surface area contributed by atoms with Crippen LogP contribution in [0.1, 0.15) is 0 Å². The molecule has 4 nitrogen and oxygen atoms in total. The van der Waals surface area contributed by atoms with Crippen molar-refractivity contribution in [1.82, 2.24) is 9.97 Å². The fourth-order valence-corrected chi connectivity index (χ4v) is 7.93. The van der Waals surface area contributed by atoms with E-state index >= 15 is 0 Å². The van der Waals surface area contributed by atoms with E-state index in [0.717, 1.165) is 105 Å². The second kappa shape index (κ2) is 12.1. The number of fused-ring (bicyclic) bond motifs is 7. The van der Waals surface area contributed by atoms with Gasteiger partial charge in [-0.15, -0.1) is 0 Å². The Morgan fingerprint density at radius 3 is 1.43 bits per heavy atom. The molecule has 252 valence electrons. The fraction of sp³-hybridized carbons (Fsp3) is 0. The number of furan rings is 2. The third-order valence-corrected chi connectivity index (χ3v) is 10.5. The van der Waals surface area contributed by atoms with Gasteiger partial charge in [-0.1, -0.05) is 146 Å². The molecule has 0 atom stereocenters. The summed E-state index contributed by atoms with van der Waals surface area (Å²) in [5.74, 6) is 0.675. The van der Waals surface area contributed by atoms with Crippen molar-refractivity contribution >= 4 is 54.6 Å². The molecule has 0 fully saturated rings. The van der Waals surface area contributed by atoms with Crippen molar-refractivity contribution in [2.45, 2.75) is 0 Å². The van der Waals surface area contributed by atoms with Crippen LogP contribution < -0.4 is 0 Å². The maximum atomic E-state index is 6.59. The van der Waals surface area contributed by atoms with Crippen LogP contribution in [-0.2, 0) is 0 Å². The van der Waals surface area contributed by atoms with Gasteiger partial charge in [-0.3, -0.25) is 0 Å². The van der Waals surface area contributed by atoms with Crippen LogP contribution in [0.25, 0.3) is 111 Å². The zero-order valence-electron chi connectivity index (χ0n) is 29.0. The number of aromatic nitrogens is 2. The summed E-state index contributed by atoms with van der Waals surface area (Å²) in [6.45, 7) is 0. The first-order valence-corrected chi connectivity index (χ1v) is 18.1. The zero-order valence-corrected chi connectivity index (χ0v) is 29.0. The Bertz CT molecular complexity index is 3090. The van der Waals surface area contributed by atoms with E-state index in [2.05, 4.69) is 152 Å². The molecule has 0 aliphatic heterocycles. The summed E-state index contributed by atoms with van der Waals surface area (Å²) in [5.41, 5.74) is 12.2. The van der Waals surface area contributed by atoms with Crippen molar-refractivity contribution in [3.8, 4) is 56.2 Å². The van der Waals surface area contributed by atoms with Crippen LogP contribution in [0.2, 0.25) is 0 Å². The van der Waals surface area contributed by atoms with Crippen molar-refractivity contribution in [3.63, 3.8) is 0 Å². The zero-order chi connectivity index (χ0) is 35.6. The first-order valence-electron chi connectivity index (χ1n) is 18.1. The highest BCUT2D eigenvalue weighted by Crippen LogP contribution is 2.42. The first kappa shape index (κ1) is 30.3. The van der Waals surface area contributed by atoms with E-state index in [4.69, 9.17) is 18.8 Å². The van der Waals surface area contributed by atoms with Crippen LogP contribution in [0.15, 0.2) is 191 Å². The molecule has 0 amide bonds. The van der Waals surface area contributed by atoms with Crippen LogP contribution in [0.5, 0.6) is 0 Å². The Hall–Kier alpha value is -7.30. The standard InChI is InChI=1S/C50H30N2O2/c1-2-14-32(15-3-1)44-30-45(52-50(51-44)43-24-10-16-31-13-4-5-17-36(31)43)35-28-33(37-20-11-22-41-39-18-6-8-25-46(39)53-48(37)41)27-34(29-35)38-21-12-23-42-40-19-7-9-26-47(40)54-49(38)42/h1-30H. The van der Waals surface area contributed by atoms with Crippen molar-refractivity contribution in [2.75, 3.05) is 0 Å². The minimum Gasteiger partial charge on any atom is -0.455 e. The van der Waals surface area contributed by atoms with Gasteiger partial charge in [0.15, 0.2) is 5.82 Å². The molecular formula is C50H30N2O2. The third-order valence-electron chi connectivity index (χ3n) is 10.5. The summed E-state index contributed by atoms with van der Waals surface area (Å²) in [5, 5.41) is 6.62. The summed E-state index contributed by atoms with van der Waals surface area (Å²) in [6.07, 6.45) is 0. The monoisotopic (exact) mass is 690 g/mol. The fourth-order valence-electron chi connectivity index (χ4n) is 7.93. The topological polar surface area (TPSA) is 52.1 Å². The summed E-state index contributed by atoms with van der Waals surface area (Å²) in [7, 11) is 0. The Morgan fingerprint density at radius 2 is 0.778 bits per heavy atom. The molecule has 4 heteroatoms. The van der Waals surface area contributed by atoms with Gasteiger partial charge >= 0.3 is 0 Å². The second-order valence-electron chi connectivity index (χ2n) is 13.7. The van der Waals surface area contributed by atoms with E-state index in [1.54, 1.807) is 0 Å². The van der Waals surface area contributed by atoms with Crippen LogP contribution in [-0.4, -0.2) is 9.97 Å². The Kier molecular flexibility index (Phi) is 6.82. The van der Waals surface area contributed by atoms with Gasteiger partial charge in [-0.25, -0.2) is 9.97 Å². The normalized spacial score (nSPS) is 11.7. The number of nitrogens with zero attached hydrogens (tertiary/aromatic N) is 2. The lowest BCUT2D eigenvalue weighted by Crippen LogP contribution is -1.97. The number of hydrogen-bond donors (Lipinski definition) is 0. The maximum Gasteiger partial charge on any atom is 0.161 e. The summed E-state index contributed by atoms with van der Waals surface area (Å²) in [4.78, 5) is 10.6. The lowest BCUT2D eigenvalue weighted by Gasteiger charge is -2.14. The largest absolute Gasteiger partial charge is 0.455 e. The lowest BCUT2D eigenvalue weighted by molar-refractivity contribution is 0.670. The molecule has 0 saturated heterocycles. The molecule has 0 N–H and O–H groups in total. The number of rotatable bonds is 5. The average Bonchev–Trinajstić information content (AvgIpc) is 3.82. The highest BCUT2D eigenvalue weighted by molar-refractivity contribution is 6.12. The number of benzene rings is 8. The quantitative estimate of drug-likeness (QED) is 0.180. The van der Waals surface area contributed by atoms with E-state index in [0.29, 0.717) is 5.82 Å². The highest BCUT2D eigenvalue weighted by atomic mass is 16.3. The van der Waals surface area contributed by atoms with Crippen molar-refractivity contribution < 1.29 is 8.83 Å². The molecule has 0 spiro atoms. The summed E-state index contributed by atoms with van der Waals surface area (Å²) >= 11 is 0. The van der Waals surface area contributed by atoms with Crippen molar-refractivity contribution in [3.05, 3.63) is 182 Å². The SMILES string of the molecule is c1ccc(-c2cc(-c3cc(-c4cccc5c4oc4ccccc45)cc(-c4cccc5c4oc4ccccc45)c3)nc(-c3cccc4ccccc34)n2)cc1. The van der Waals surface area contributed by atoms with Crippen molar-refractivity contribution in [2.24, 2.45) is 0 Å². The van der Waals surface area contributed by atoms with Crippen molar-refractivity contribution in [1.29, 1.82) is 0 Å². The Balaban J connectivity index is 1.20. The molecule has 0 bridgehead atoms. The van der Waals surface area contributed by atoms with E-state index in [1.165, 1.54) is 0 Å². The van der Waals surface area contributed by atoms with Gasteiger partial charge in [0.25, 0.3) is 0 Å². The average molecular weight is 691 g/mol. The van der Waals surface area contributed by atoms with Crippen LogP contribution in [0.3, 0.4) is 0 Å². The van der Waals surface area contributed by atoms with Gasteiger partial charge in [0, 0.05) is 49.4 Å². The lowest BCUT2D eigenvalue weighted by atomic mass is 9.93. The van der Waals surface area contributed by atoms with Crippen LogP contribution >= 0.6 is 0 Å². The molecule has 0 saturated carbocycles. The second-order valence-corrected chi connectivity index (χ2v) is 13.7. The molecular weight excluding hydrogens is 661 g/mol. The Labute approximate surface area is 310 Å². The summed E-state index contributed by atoms with van der Waals surface area (Å²) in [6, 6.07) is 63.1. The Morgan fingerprint density at radius 1 is 0.315 bits per heavy atom. The molecule has 0 aliphatic carbocycles. The van der Waals surface area contributed by atoms with E-state index in [1.807, 2.05) is 30.3 Å². The molecule has 0 radical (unpaired) electrons. The molecule has 3 aromatic heterocycles. The smallest absolute Gasteiger partial charge is 0.161 e. The predicted octanol–water partition coefficient (Wildman–Crippen LogP) is 13.8. The third kappa shape index (κ3) is 4.92. The van der Waals surface area contributed by atoms with Gasteiger partial charge in [0.05, 0.1) is 11.4 Å². The van der Waals surface area contributed by atoms with Gasteiger partial charge in [-0.05, 0) is 58.3 Å². The molecule has 11 aromatic rings. The van der Waals surface area contributed by atoms with E-state index in [9.17, 15) is 0 Å². The van der Waals surface area contributed by atoms with Crippen LogP contribution in [0, 0.1) is 0 Å². The molecule has 54 heavy (non-hydrogen) atoms.